The molecule has 2 rings (SSSR count). The number of carbonyl (C=O) groups is 1. The topological polar surface area (TPSA) is 51.3 Å². The van der Waals surface area contributed by atoms with E-state index < -0.39 is 0 Å². The molecule has 0 unspecified atom stereocenters. The third-order valence-corrected chi connectivity index (χ3v) is 3.23. The summed E-state index contributed by atoms with van der Waals surface area (Å²) >= 11 is 5.98. The molecular formula is C12H18ClN3O. The molecule has 0 spiro atoms. The van der Waals surface area contributed by atoms with Crippen molar-refractivity contribution < 1.29 is 4.79 Å². The van der Waals surface area contributed by atoms with Crippen LogP contribution in [-0.2, 0) is 0 Å². The number of aromatic nitrogens is 1. The van der Waals surface area contributed by atoms with Gasteiger partial charge in [-0.25, -0.2) is 0 Å². The second-order valence-corrected chi connectivity index (χ2v) is 4.99. The van der Waals surface area contributed by atoms with E-state index in [9.17, 15) is 4.79 Å². The third kappa shape index (κ3) is 2.82. The number of hydrogen-bond acceptors (Lipinski definition) is 2. The number of nitrogens with zero attached hydrogens (tertiary/aromatic N) is 2. The quantitative estimate of drug-likeness (QED) is 0.874. The Morgan fingerprint density at radius 2 is 2.35 bits per heavy atom. The van der Waals surface area contributed by atoms with Gasteiger partial charge in [0.2, 0.25) is 0 Å². The monoisotopic (exact) mass is 255 g/mol. The molecule has 1 saturated carbocycles. The predicted molar refractivity (Wildman–Crippen MR) is 68.3 cm³/mol. The van der Waals surface area contributed by atoms with Gasteiger partial charge in [0, 0.05) is 25.8 Å². The SMILES string of the molecule is CN(CCCN)C(=O)c1cc(Cl)cn1C1CC1. The Morgan fingerprint density at radius 3 is 2.94 bits per heavy atom. The van der Waals surface area contributed by atoms with Crippen LogP contribution in [0.5, 0.6) is 0 Å². The highest BCUT2D eigenvalue weighted by molar-refractivity contribution is 6.31. The largest absolute Gasteiger partial charge is 0.340 e. The second kappa shape index (κ2) is 5.10. The van der Waals surface area contributed by atoms with Crippen molar-refractivity contribution in [3.8, 4) is 0 Å². The lowest BCUT2D eigenvalue weighted by atomic mass is 10.3. The minimum atomic E-state index is 0.0252. The first-order chi connectivity index (χ1) is 8.13. The van der Waals surface area contributed by atoms with Gasteiger partial charge in [-0.1, -0.05) is 11.6 Å². The fourth-order valence-electron chi connectivity index (χ4n) is 1.90. The van der Waals surface area contributed by atoms with Gasteiger partial charge in [0.05, 0.1) is 5.02 Å². The van der Waals surface area contributed by atoms with E-state index in [4.69, 9.17) is 17.3 Å². The molecule has 0 radical (unpaired) electrons. The van der Waals surface area contributed by atoms with Crippen LogP contribution in [0, 0.1) is 0 Å². The van der Waals surface area contributed by atoms with Gasteiger partial charge in [0.25, 0.3) is 5.91 Å². The molecule has 0 atom stereocenters. The lowest BCUT2D eigenvalue weighted by Crippen LogP contribution is -2.30. The molecule has 1 fully saturated rings. The Morgan fingerprint density at radius 1 is 1.65 bits per heavy atom. The fourth-order valence-corrected chi connectivity index (χ4v) is 2.11. The molecule has 0 bridgehead atoms. The summed E-state index contributed by atoms with van der Waals surface area (Å²) in [7, 11) is 1.80. The number of carbonyl (C=O) groups excluding carboxylic acids is 1. The van der Waals surface area contributed by atoms with Gasteiger partial charge in [-0.3, -0.25) is 4.79 Å². The van der Waals surface area contributed by atoms with Gasteiger partial charge < -0.3 is 15.2 Å². The van der Waals surface area contributed by atoms with Crippen LogP contribution in [0.1, 0.15) is 35.8 Å². The number of halogens is 1. The maximum atomic E-state index is 12.2. The van der Waals surface area contributed by atoms with Crippen molar-refractivity contribution in [3.05, 3.63) is 23.0 Å². The average molecular weight is 256 g/mol. The Labute approximate surface area is 106 Å². The number of nitrogens with two attached hydrogens (primary N) is 1. The van der Waals surface area contributed by atoms with Crippen molar-refractivity contribution in [2.24, 2.45) is 5.73 Å². The molecule has 4 nitrogen and oxygen atoms in total. The van der Waals surface area contributed by atoms with Gasteiger partial charge >= 0.3 is 0 Å². The molecule has 2 N–H and O–H groups in total. The van der Waals surface area contributed by atoms with Gasteiger partial charge in [-0.2, -0.15) is 0 Å². The van der Waals surface area contributed by atoms with Crippen LogP contribution in [0.4, 0.5) is 0 Å². The van der Waals surface area contributed by atoms with Gasteiger partial charge in [-0.15, -0.1) is 0 Å². The lowest BCUT2D eigenvalue weighted by molar-refractivity contribution is 0.0783. The highest BCUT2D eigenvalue weighted by Gasteiger charge is 2.28. The van der Waals surface area contributed by atoms with E-state index in [0.717, 1.165) is 19.3 Å². The maximum absolute atomic E-state index is 12.2. The fraction of sp³-hybridized carbons (Fsp3) is 0.583. The molecule has 0 aromatic carbocycles. The van der Waals surface area contributed by atoms with E-state index in [1.54, 1.807) is 18.0 Å². The van der Waals surface area contributed by atoms with Gasteiger partial charge in [0.1, 0.15) is 5.69 Å². The number of rotatable bonds is 5. The molecule has 1 aliphatic rings. The van der Waals surface area contributed by atoms with Crippen LogP contribution >= 0.6 is 11.6 Å². The van der Waals surface area contributed by atoms with Crippen molar-refractivity contribution >= 4 is 17.5 Å². The van der Waals surface area contributed by atoms with Crippen LogP contribution in [0.25, 0.3) is 0 Å². The van der Waals surface area contributed by atoms with Crippen LogP contribution in [-0.4, -0.2) is 35.5 Å². The molecule has 1 heterocycles. The molecule has 1 aromatic rings. The zero-order chi connectivity index (χ0) is 12.4. The molecule has 1 amide bonds. The van der Waals surface area contributed by atoms with E-state index in [1.165, 1.54) is 0 Å². The van der Waals surface area contributed by atoms with Crippen molar-refractivity contribution in [2.45, 2.75) is 25.3 Å². The van der Waals surface area contributed by atoms with Gasteiger partial charge in [-0.05, 0) is 31.9 Å². The summed E-state index contributed by atoms with van der Waals surface area (Å²) in [5, 5.41) is 0.632. The summed E-state index contributed by atoms with van der Waals surface area (Å²) in [5.74, 6) is 0.0252. The van der Waals surface area contributed by atoms with Crippen molar-refractivity contribution in [1.29, 1.82) is 0 Å². The van der Waals surface area contributed by atoms with E-state index in [0.29, 0.717) is 29.8 Å². The molecule has 1 aliphatic carbocycles. The summed E-state index contributed by atoms with van der Waals surface area (Å²) in [6.45, 7) is 1.28. The molecule has 0 aliphatic heterocycles. The van der Waals surface area contributed by atoms with E-state index in [2.05, 4.69) is 0 Å². The molecule has 0 saturated heterocycles. The first-order valence-corrected chi connectivity index (χ1v) is 6.34. The summed E-state index contributed by atoms with van der Waals surface area (Å²) in [5.41, 5.74) is 6.14. The van der Waals surface area contributed by atoms with Gasteiger partial charge in [0.15, 0.2) is 0 Å². The van der Waals surface area contributed by atoms with Crippen LogP contribution < -0.4 is 5.73 Å². The Hall–Kier alpha value is -1.00. The number of amides is 1. The zero-order valence-electron chi connectivity index (χ0n) is 10.0. The minimum absolute atomic E-state index is 0.0252. The Bertz CT molecular complexity index is 412. The molecular weight excluding hydrogens is 238 g/mol. The second-order valence-electron chi connectivity index (χ2n) is 4.55. The highest BCUT2D eigenvalue weighted by Crippen LogP contribution is 2.37. The predicted octanol–water partition coefficient (Wildman–Crippen LogP) is 1.90. The third-order valence-electron chi connectivity index (χ3n) is 3.02. The summed E-state index contributed by atoms with van der Waals surface area (Å²) in [6.07, 6.45) is 4.94. The van der Waals surface area contributed by atoms with E-state index >= 15 is 0 Å². The van der Waals surface area contributed by atoms with E-state index in [1.807, 2.05) is 10.8 Å². The van der Waals surface area contributed by atoms with Crippen molar-refractivity contribution in [3.63, 3.8) is 0 Å². The zero-order valence-corrected chi connectivity index (χ0v) is 10.8. The summed E-state index contributed by atoms with van der Waals surface area (Å²) in [4.78, 5) is 13.9. The van der Waals surface area contributed by atoms with E-state index in [-0.39, 0.29) is 5.91 Å². The molecule has 94 valence electrons. The normalized spacial score (nSPS) is 15.0. The molecule has 17 heavy (non-hydrogen) atoms. The average Bonchev–Trinajstić information content (AvgIpc) is 3.08. The van der Waals surface area contributed by atoms with Crippen molar-refractivity contribution in [2.75, 3.05) is 20.1 Å². The molecule has 5 heteroatoms. The standard InChI is InChI=1S/C12H18ClN3O/c1-15(6-2-5-14)12(17)11-7-9(13)8-16(11)10-3-4-10/h7-8,10H,2-6,14H2,1H3. The number of hydrogen-bond donors (Lipinski definition) is 1. The summed E-state index contributed by atoms with van der Waals surface area (Å²) in [6, 6.07) is 2.21. The minimum Gasteiger partial charge on any atom is -0.340 e. The first-order valence-electron chi connectivity index (χ1n) is 5.96. The Balaban J connectivity index is 2.12. The molecule has 1 aromatic heterocycles. The van der Waals surface area contributed by atoms with Crippen LogP contribution in [0.15, 0.2) is 12.3 Å². The highest BCUT2D eigenvalue weighted by atomic mass is 35.5. The Kier molecular flexibility index (Phi) is 3.74. The van der Waals surface area contributed by atoms with Crippen LogP contribution in [0.3, 0.4) is 0 Å². The van der Waals surface area contributed by atoms with Crippen molar-refractivity contribution in [1.82, 2.24) is 9.47 Å². The van der Waals surface area contributed by atoms with Crippen LogP contribution in [0.2, 0.25) is 5.02 Å². The summed E-state index contributed by atoms with van der Waals surface area (Å²) < 4.78 is 2.00. The lowest BCUT2D eigenvalue weighted by Gasteiger charge is -2.17. The first kappa shape index (κ1) is 12.5. The maximum Gasteiger partial charge on any atom is 0.270 e. The smallest absolute Gasteiger partial charge is 0.270 e.